The molecule has 0 amide bonds. The minimum Gasteiger partial charge on any atom is -0.459 e. The Balaban J connectivity index is 1.56. The summed E-state index contributed by atoms with van der Waals surface area (Å²) in [6.07, 6.45) is 0.319. The van der Waals surface area contributed by atoms with E-state index in [1.54, 1.807) is 22.7 Å². The zero-order chi connectivity index (χ0) is 14.5. The van der Waals surface area contributed by atoms with E-state index in [0.29, 0.717) is 6.42 Å². The van der Waals surface area contributed by atoms with Crippen molar-refractivity contribution in [3.05, 3.63) is 63.8 Å². The van der Waals surface area contributed by atoms with Crippen LogP contribution in [0, 0.1) is 0 Å². The first-order chi connectivity index (χ1) is 10.3. The van der Waals surface area contributed by atoms with E-state index in [1.165, 1.54) is 0 Å². The van der Waals surface area contributed by atoms with Crippen LogP contribution in [0.4, 0.5) is 0 Å². The molecular formula is C16H13NO2S2. The van der Waals surface area contributed by atoms with Crippen LogP contribution in [0.1, 0.15) is 11.3 Å². The molecule has 0 unspecified atom stereocenters. The normalized spacial score (nSPS) is 10.5. The fraction of sp³-hybridized carbons (Fsp3) is 0.125. The number of hydrogen-bond acceptors (Lipinski definition) is 5. The third-order valence-corrected chi connectivity index (χ3v) is 4.55. The first-order valence-corrected chi connectivity index (χ1v) is 8.30. The van der Waals surface area contributed by atoms with Crippen LogP contribution in [0.5, 0.6) is 0 Å². The van der Waals surface area contributed by atoms with Crippen molar-refractivity contribution in [1.29, 1.82) is 0 Å². The van der Waals surface area contributed by atoms with Crippen LogP contribution in [-0.2, 0) is 22.6 Å². The monoisotopic (exact) mass is 315 g/mol. The van der Waals surface area contributed by atoms with Gasteiger partial charge in [-0.25, -0.2) is 4.98 Å². The number of nitrogens with zero attached hydrogens (tertiary/aromatic N) is 1. The van der Waals surface area contributed by atoms with Crippen LogP contribution in [0.15, 0.2) is 52.5 Å². The van der Waals surface area contributed by atoms with Gasteiger partial charge in [0, 0.05) is 10.9 Å². The summed E-state index contributed by atoms with van der Waals surface area (Å²) in [4.78, 5) is 16.2. The smallest absolute Gasteiger partial charge is 0.310 e. The van der Waals surface area contributed by atoms with E-state index in [9.17, 15) is 4.79 Å². The van der Waals surface area contributed by atoms with Crippen LogP contribution in [0.3, 0.4) is 0 Å². The van der Waals surface area contributed by atoms with Gasteiger partial charge in [-0.05, 0) is 22.4 Å². The maximum Gasteiger partial charge on any atom is 0.310 e. The summed E-state index contributed by atoms with van der Waals surface area (Å²) in [5.41, 5.74) is 2.86. The van der Waals surface area contributed by atoms with Crippen LogP contribution in [-0.4, -0.2) is 11.0 Å². The van der Waals surface area contributed by atoms with Gasteiger partial charge in [-0.3, -0.25) is 4.79 Å². The number of thiophene rings is 1. The average molecular weight is 315 g/mol. The van der Waals surface area contributed by atoms with Crippen LogP contribution >= 0.6 is 22.7 Å². The van der Waals surface area contributed by atoms with Crippen molar-refractivity contribution in [2.24, 2.45) is 0 Å². The van der Waals surface area contributed by atoms with Gasteiger partial charge in [0.15, 0.2) is 0 Å². The molecule has 2 aromatic heterocycles. The lowest BCUT2D eigenvalue weighted by Gasteiger charge is -2.01. The number of carbonyl (C=O) groups excluding carboxylic acids is 1. The SMILES string of the molecule is O=C(Cc1ccsc1)OCc1csc(-c2ccccc2)n1. The molecule has 0 aliphatic rings. The number of ether oxygens (including phenoxy) is 1. The van der Waals surface area contributed by atoms with Crippen molar-refractivity contribution in [3.8, 4) is 10.6 Å². The Hall–Kier alpha value is -1.98. The summed E-state index contributed by atoms with van der Waals surface area (Å²) in [5, 5.41) is 6.78. The van der Waals surface area contributed by atoms with E-state index < -0.39 is 0 Å². The number of aromatic nitrogens is 1. The summed E-state index contributed by atoms with van der Waals surface area (Å²) in [6, 6.07) is 11.9. The molecule has 0 radical (unpaired) electrons. The van der Waals surface area contributed by atoms with Gasteiger partial charge in [0.05, 0.1) is 12.1 Å². The Bertz CT molecular complexity index is 705. The number of carbonyl (C=O) groups is 1. The van der Waals surface area contributed by atoms with Gasteiger partial charge in [0.2, 0.25) is 0 Å². The van der Waals surface area contributed by atoms with E-state index in [0.717, 1.165) is 21.8 Å². The minimum absolute atomic E-state index is 0.220. The molecule has 3 nitrogen and oxygen atoms in total. The van der Waals surface area contributed by atoms with Gasteiger partial charge in [0.25, 0.3) is 0 Å². The van der Waals surface area contributed by atoms with Gasteiger partial charge in [-0.1, -0.05) is 30.3 Å². The standard InChI is InChI=1S/C16H13NO2S2/c18-15(8-12-6-7-20-10-12)19-9-14-11-21-16(17-14)13-4-2-1-3-5-13/h1-7,10-11H,8-9H2. The van der Waals surface area contributed by atoms with E-state index in [2.05, 4.69) is 4.98 Å². The van der Waals surface area contributed by atoms with Crippen molar-refractivity contribution < 1.29 is 9.53 Å². The quantitative estimate of drug-likeness (QED) is 0.664. The lowest BCUT2D eigenvalue weighted by molar-refractivity contribution is -0.144. The minimum atomic E-state index is -0.220. The lowest BCUT2D eigenvalue weighted by atomic mass is 10.2. The molecule has 5 heteroatoms. The first-order valence-electron chi connectivity index (χ1n) is 6.48. The molecule has 0 N–H and O–H groups in total. The van der Waals surface area contributed by atoms with Crippen LogP contribution < -0.4 is 0 Å². The molecule has 106 valence electrons. The molecule has 2 heterocycles. The van der Waals surface area contributed by atoms with Crippen molar-refractivity contribution >= 4 is 28.6 Å². The highest BCUT2D eigenvalue weighted by atomic mass is 32.1. The van der Waals surface area contributed by atoms with Crippen molar-refractivity contribution in [1.82, 2.24) is 4.98 Å². The van der Waals surface area contributed by atoms with Crippen LogP contribution in [0.25, 0.3) is 10.6 Å². The summed E-state index contributed by atoms with van der Waals surface area (Å²) in [6.45, 7) is 0.228. The maximum atomic E-state index is 11.7. The molecule has 0 fully saturated rings. The molecule has 1 aromatic carbocycles. The Morgan fingerprint density at radius 3 is 2.76 bits per heavy atom. The molecule has 3 aromatic rings. The van der Waals surface area contributed by atoms with E-state index in [4.69, 9.17) is 4.74 Å². The predicted octanol–water partition coefficient (Wildman–Crippen LogP) is 4.16. The fourth-order valence-corrected chi connectivity index (χ4v) is 3.33. The van der Waals surface area contributed by atoms with E-state index in [-0.39, 0.29) is 12.6 Å². The number of esters is 1. The Labute approximate surface area is 130 Å². The summed E-state index contributed by atoms with van der Waals surface area (Å²) in [7, 11) is 0. The van der Waals surface area contributed by atoms with Crippen LogP contribution in [0.2, 0.25) is 0 Å². The summed E-state index contributed by atoms with van der Waals surface area (Å²) >= 11 is 3.14. The largest absolute Gasteiger partial charge is 0.459 e. The number of hydrogen-bond donors (Lipinski definition) is 0. The van der Waals surface area contributed by atoms with Crippen molar-refractivity contribution in [2.45, 2.75) is 13.0 Å². The van der Waals surface area contributed by atoms with Gasteiger partial charge in [-0.2, -0.15) is 11.3 Å². The van der Waals surface area contributed by atoms with Gasteiger partial charge >= 0.3 is 5.97 Å². The highest BCUT2D eigenvalue weighted by Crippen LogP contribution is 2.23. The molecule has 0 aliphatic carbocycles. The van der Waals surface area contributed by atoms with E-state index >= 15 is 0 Å². The second-order valence-electron chi connectivity index (χ2n) is 4.48. The third-order valence-electron chi connectivity index (χ3n) is 2.88. The highest BCUT2D eigenvalue weighted by Gasteiger charge is 2.08. The molecule has 0 bridgehead atoms. The zero-order valence-corrected chi connectivity index (χ0v) is 12.8. The zero-order valence-electron chi connectivity index (χ0n) is 11.2. The Morgan fingerprint density at radius 1 is 1.14 bits per heavy atom. The molecule has 21 heavy (non-hydrogen) atoms. The predicted molar refractivity (Wildman–Crippen MR) is 85.4 cm³/mol. The van der Waals surface area contributed by atoms with Crippen molar-refractivity contribution in [2.75, 3.05) is 0 Å². The molecule has 0 aliphatic heterocycles. The molecular weight excluding hydrogens is 302 g/mol. The Morgan fingerprint density at radius 2 is 2.00 bits per heavy atom. The summed E-state index contributed by atoms with van der Waals surface area (Å²) < 4.78 is 5.26. The third kappa shape index (κ3) is 3.77. The van der Waals surface area contributed by atoms with Gasteiger partial charge in [0.1, 0.15) is 11.6 Å². The maximum absolute atomic E-state index is 11.7. The van der Waals surface area contributed by atoms with E-state index in [1.807, 2.05) is 52.5 Å². The fourth-order valence-electron chi connectivity index (χ4n) is 1.85. The molecule has 0 spiro atoms. The van der Waals surface area contributed by atoms with Gasteiger partial charge in [-0.15, -0.1) is 11.3 Å². The molecule has 0 saturated carbocycles. The molecule has 0 saturated heterocycles. The second kappa shape index (κ2) is 6.65. The molecule has 0 atom stereocenters. The average Bonchev–Trinajstić information content (AvgIpc) is 3.17. The second-order valence-corrected chi connectivity index (χ2v) is 6.12. The lowest BCUT2D eigenvalue weighted by Crippen LogP contribution is -2.07. The van der Waals surface area contributed by atoms with Crippen molar-refractivity contribution in [3.63, 3.8) is 0 Å². The molecule has 3 rings (SSSR count). The first kappa shape index (κ1) is 14.0. The topological polar surface area (TPSA) is 39.2 Å². The summed E-state index contributed by atoms with van der Waals surface area (Å²) in [5.74, 6) is -0.220. The number of thiazole rings is 1. The number of benzene rings is 1. The highest BCUT2D eigenvalue weighted by molar-refractivity contribution is 7.13. The van der Waals surface area contributed by atoms with Gasteiger partial charge < -0.3 is 4.74 Å². The Kier molecular flexibility index (Phi) is 4.43. The number of rotatable bonds is 5.